The van der Waals surface area contributed by atoms with E-state index in [4.69, 9.17) is 4.74 Å². The van der Waals surface area contributed by atoms with Crippen LogP contribution in [0.2, 0.25) is 0 Å². The van der Waals surface area contributed by atoms with Gasteiger partial charge in [0.2, 0.25) is 0 Å². The van der Waals surface area contributed by atoms with Gasteiger partial charge in [-0.05, 0) is 48.6 Å². The Labute approximate surface area is 149 Å². The highest BCUT2D eigenvalue weighted by atomic mass is 16.5. The van der Waals surface area contributed by atoms with Crippen LogP contribution in [0.5, 0.6) is 5.75 Å². The number of benzene rings is 1. The first-order valence-corrected chi connectivity index (χ1v) is 8.69. The molecule has 5 nitrogen and oxygen atoms in total. The Balaban J connectivity index is 1.78. The molecular weight excluding hydrogens is 314 g/mol. The van der Waals surface area contributed by atoms with Crippen molar-refractivity contribution >= 4 is 11.6 Å². The number of pyridine rings is 1. The lowest BCUT2D eigenvalue weighted by Gasteiger charge is -2.09. The largest absolute Gasteiger partial charge is 0.497 e. The average molecular weight is 341 g/mol. The van der Waals surface area contributed by atoms with Crippen LogP contribution in [-0.2, 0) is 6.42 Å². The summed E-state index contributed by atoms with van der Waals surface area (Å²) >= 11 is 0. The van der Waals surface area contributed by atoms with Crippen LogP contribution < -0.4 is 15.4 Å². The number of carbonyl (C=O) groups excluding carboxylic acids is 1. The molecule has 0 atom stereocenters. The highest BCUT2D eigenvalue weighted by Crippen LogP contribution is 2.13. The molecule has 0 spiro atoms. The lowest BCUT2D eigenvalue weighted by Crippen LogP contribution is -2.26. The van der Waals surface area contributed by atoms with Crippen molar-refractivity contribution in [2.45, 2.75) is 26.7 Å². The summed E-state index contributed by atoms with van der Waals surface area (Å²) in [5.41, 5.74) is 2.56. The molecule has 1 amide bonds. The molecule has 0 aliphatic heterocycles. The van der Waals surface area contributed by atoms with Gasteiger partial charge >= 0.3 is 0 Å². The Morgan fingerprint density at radius 3 is 2.72 bits per heavy atom. The van der Waals surface area contributed by atoms with Crippen LogP contribution in [0.3, 0.4) is 0 Å². The lowest BCUT2D eigenvalue weighted by molar-refractivity contribution is 0.0947. The number of methoxy groups -OCH3 is 1. The average Bonchev–Trinajstić information content (AvgIpc) is 2.62. The maximum atomic E-state index is 12.0. The van der Waals surface area contributed by atoms with E-state index in [-0.39, 0.29) is 5.91 Å². The summed E-state index contributed by atoms with van der Waals surface area (Å²) < 4.78 is 5.23. The van der Waals surface area contributed by atoms with E-state index in [9.17, 15) is 4.79 Å². The van der Waals surface area contributed by atoms with Gasteiger partial charge in [0.05, 0.1) is 19.0 Å². The first kappa shape index (κ1) is 18.8. The van der Waals surface area contributed by atoms with Gasteiger partial charge in [0.1, 0.15) is 11.4 Å². The van der Waals surface area contributed by atoms with Gasteiger partial charge in [-0.3, -0.25) is 4.79 Å². The van der Waals surface area contributed by atoms with E-state index in [1.165, 1.54) is 5.56 Å². The van der Waals surface area contributed by atoms with E-state index in [0.717, 1.165) is 30.8 Å². The van der Waals surface area contributed by atoms with Crippen molar-refractivity contribution in [3.63, 3.8) is 0 Å². The van der Waals surface area contributed by atoms with E-state index in [1.54, 1.807) is 19.4 Å². The molecule has 0 fully saturated rings. The SMILES string of the molecule is COc1cccc(CCNc2ccc(C(=O)NCCC(C)C)nc2)c1. The zero-order valence-corrected chi connectivity index (χ0v) is 15.2. The number of carbonyl (C=O) groups is 1. The molecule has 134 valence electrons. The van der Waals surface area contributed by atoms with Crippen LogP contribution in [0.4, 0.5) is 5.69 Å². The Morgan fingerprint density at radius 2 is 2.04 bits per heavy atom. The molecule has 0 radical (unpaired) electrons. The number of ether oxygens (including phenoxy) is 1. The first-order valence-electron chi connectivity index (χ1n) is 8.69. The van der Waals surface area contributed by atoms with Gasteiger partial charge < -0.3 is 15.4 Å². The van der Waals surface area contributed by atoms with E-state index >= 15 is 0 Å². The minimum Gasteiger partial charge on any atom is -0.497 e. The van der Waals surface area contributed by atoms with Gasteiger partial charge in [0, 0.05) is 13.1 Å². The molecule has 0 saturated heterocycles. The van der Waals surface area contributed by atoms with Crippen molar-refractivity contribution in [1.82, 2.24) is 10.3 Å². The second kappa shape index (κ2) is 9.67. The second-order valence-electron chi connectivity index (χ2n) is 6.40. The Kier molecular flexibility index (Phi) is 7.26. The summed E-state index contributed by atoms with van der Waals surface area (Å²) in [7, 11) is 1.67. The summed E-state index contributed by atoms with van der Waals surface area (Å²) in [4.78, 5) is 16.2. The topological polar surface area (TPSA) is 63.2 Å². The monoisotopic (exact) mass is 341 g/mol. The summed E-state index contributed by atoms with van der Waals surface area (Å²) in [5.74, 6) is 1.32. The fourth-order valence-electron chi connectivity index (χ4n) is 2.38. The van der Waals surface area contributed by atoms with Crippen molar-refractivity contribution in [2.24, 2.45) is 5.92 Å². The standard InChI is InChI=1S/C20H27N3O2/c1-15(2)9-11-22-20(24)19-8-7-17(14-23-19)21-12-10-16-5-4-6-18(13-16)25-3/h4-8,13-15,21H,9-12H2,1-3H3,(H,22,24). The number of aromatic nitrogens is 1. The van der Waals surface area contributed by atoms with Crippen LogP contribution in [0.25, 0.3) is 0 Å². The highest BCUT2D eigenvalue weighted by Gasteiger charge is 2.06. The predicted octanol–water partition coefficient (Wildman–Crippen LogP) is 3.52. The molecule has 2 aromatic rings. The van der Waals surface area contributed by atoms with Gasteiger partial charge in [-0.15, -0.1) is 0 Å². The van der Waals surface area contributed by atoms with E-state index < -0.39 is 0 Å². The Hall–Kier alpha value is -2.56. The summed E-state index contributed by atoms with van der Waals surface area (Å²) in [5, 5.41) is 6.21. The molecule has 0 bridgehead atoms. The number of amides is 1. The van der Waals surface area contributed by atoms with E-state index in [1.807, 2.05) is 24.3 Å². The fraction of sp³-hybridized carbons (Fsp3) is 0.400. The smallest absolute Gasteiger partial charge is 0.269 e. The van der Waals surface area contributed by atoms with Crippen molar-refractivity contribution in [3.05, 3.63) is 53.9 Å². The van der Waals surface area contributed by atoms with Crippen molar-refractivity contribution in [3.8, 4) is 5.75 Å². The minimum atomic E-state index is -0.122. The molecule has 1 aromatic heterocycles. The number of hydrogen-bond acceptors (Lipinski definition) is 4. The van der Waals surface area contributed by atoms with E-state index in [2.05, 4.69) is 35.5 Å². The Morgan fingerprint density at radius 1 is 1.20 bits per heavy atom. The Bertz CT molecular complexity index is 669. The van der Waals surface area contributed by atoms with Crippen LogP contribution in [0.15, 0.2) is 42.6 Å². The molecular formula is C20H27N3O2. The molecule has 5 heteroatoms. The van der Waals surface area contributed by atoms with Crippen LogP contribution in [0.1, 0.15) is 36.3 Å². The van der Waals surface area contributed by atoms with Gasteiger partial charge in [-0.2, -0.15) is 0 Å². The first-order chi connectivity index (χ1) is 12.1. The number of hydrogen-bond donors (Lipinski definition) is 2. The number of nitrogens with zero attached hydrogens (tertiary/aromatic N) is 1. The molecule has 25 heavy (non-hydrogen) atoms. The number of nitrogens with one attached hydrogen (secondary N) is 2. The lowest BCUT2D eigenvalue weighted by atomic mass is 10.1. The molecule has 1 heterocycles. The van der Waals surface area contributed by atoms with Crippen molar-refractivity contribution < 1.29 is 9.53 Å². The third-order valence-corrected chi connectivity index (χ3v) is 3.88. The quantitative estimate of drug-likeness (QED) is 0.732. The summed E-state index contributed by atoms with van der Waals surface area (Å²) in [6.45, 7) is 5.74. The fourth-order valence-corrected chi connectivity index (χ4v) is 2.38. The summed E-state index contributed by atoms with van der Waals surface area (Å²) in [6.07, 6.45) is 3.55. The van der Waals surface area contributed by atoms with E-state index in [0.29, 0.717) is 18.2 Å². The van der Waals surface area contributed by atoms with Crippen molar-refractivity contribution in [1.29, 1.82) is 0 Å². The molecule has 1 aromatic carbocycles. The van der Waals surface area contributed by atoms with Crippen LogP contribution in [-0.4, -0.2) is 31.1 Å². The van der Waals surface area contributed by atoms with Crippen molar-refractivity contribution in [2.75, 3.05) is 25.5 Å². The molecule has 2 rings (SSSR count). The normalized spacial score (nSPS) is 10.6. The predicted molar refractivity (Wildman–Crippen MR) is 101 cm³/mol. The van der Waals surface area contributed by atoms with Gasteiger partial charge in [-0.1, -0.05) is 26.0 Å². The molecule has 0 saturated carbocycles. The maximum Gasteiger partial charge on any atom is 0.269 e. The second-order valence-corrected chi connectivity index (χ2v) is 6.40. The van der Waals surface area contributed by atoms with Crippen LogP contribution in [0, 0.1) is 5.92 Å². The summed E-state index contributed by atoms with van der Waals surface area (Å²) in [6, 6.07) is 11.7. The zero-order chi connectivity index (χ0) is 18.1. The third-order valence-electron chi connectivity index (χ3n) is 3.88. The van der Waals surface area contributed by atoms with Crippen LogP contribution >= 0.6 is 0 Å². The molecule has 0 aliphatic carbocycles. The van der Waals surface area contributed by atoms with Gasteiger partial charge in [0.15, 0.2) is 0 Å². The number of anilines is 1. The molecule has 2 N–H and O–H groups in total. The van der Waals surface area contributed by atoms with Gasteiger partial charge in [0.25, 0.3) is 5.91 Å². The minimum absolute atomic E-state index is 0.122. The zero-order valence-electron chi connectivity index (χ0n) is 15.2. The highest BCUT2D eigenvalue weighted by molar-refractivity contribution is 5.92. The van der Waals surface area contributed by atoms with Gasteiger partial charge in [-0.25, -0.2) is 4.98 Å². The number of rotatable bonds is 9. The third kappa shape index (κ3) is 6.45. The molecule has 0 unspecified atom stereocenters. The molecule has 0 aliphatic rings. The maximum absolute atomic E-state index is 12.0.